The summed E-state index contributed by atoms with van der Waals surface area (Å²) in [6.07, 6.45) is 0. The molecular formula is C19H15NO5. The lowest BCUT2D eigenvalue weighted by molar-refractivity contribution is 0.0938. The van der Waals surface area contributed by atoms with Crippen LogP contribution in [0.2, 0.25) is 0 Å². The van der Waals surface area contributed by atoms with Crippen molar-refractivity contribution in [2.75, 3.05) is 7.11 Å². The Balaban J connectivity index is 1.96. The molecular weight excluding hydrogens is 322 g/mol. The fraction of sp³-hybridized carbons (Fsp3) is 0.158. The summed E-state index contributed by atoms with van der Waals surface area (Å²) >= 11 is 0. The van der Waals surface area contributed by atoms with E-state index in [9.17, 15) is 14.7 Å². The van der Waals surface area contributed by atoms with E-state index < -0.39 is 11.9 Å². The van der Waals surface area contributed by atoms with Crippen molar-refractivity contribution in [3.05, 3.63) is 69.1 Å². The van der Waals surface area contributed by atoms with Crippen molar-refractivity contribution in [2.24, 2.45) is 0 Å². The van der Waals surface area contributed by atoms with Crippen LogP contribution in [0.5, 0.6) is 11.5 Å². The zero-order valence-electron chi connectivity index (χ0n) is 13.6. The van der Waals surface area contributed by atoms with Gasteiger partial charge in [-0.3, -0.25) is 9.59 Å². The molecule has 0 aliphatic carbocycles. The number of rotatable bonds is 2. The predicted octanol–water partition coefficient (Wildman–Crippen LogP) is 2.65. The Morgan fingerprint density at radius 2 is 1.96 bits per heavy atom. The van der Waals surface area contributed by atoms with Crippen molar-refractivity contribution in [3.8, 4) is 11.5 Å². The minimum absolute atomic E-state index is 0.0167. The molecule has 0 spiro atoms. The summed E-state index contributed by atoms with van der Waals surface area (Å²) in [6.45, 7) is 1.89. The molecule has 1 atom stereocenters. The van der Waals surface area contributed by atoms with Gasteiger partial charge < -0.3 is 19.6 Å². The molecule has 2 N–H and O–H groups in total. The number of fused-ring (bicyclic) bond motifs is 2. The smallest absolute Gasteiger partial charge is 0.288 e. The summed E-state index contributed by atoms with van der Waals surface area (Å²) in [5.74, 6) is -0.164. The molecule has 1 aromatic heterocycles. The molecule has 25 heavy (non-hydrogen) atoms. The van der Waals surface area contributed by atoms with Gasteiger partial charge in [-0.1, -0.05) is 17.7 Å². The molecule has 4 rings (SSSR count). The lowest BCUT2D eigenvalue weighted by atomic mass is 9.98. The Labute approximate surface area is 142 Å². The number of benzene rings is 2. The van der Waals surface area contributed by atoms with E-state index in [1.807, 2.05) is 13.0 Å². The number of ether oxygens (including phenoxy) is 1. The van der Waals surface area contributed by atoms with Gasteiger partial charge in [0.15, 0.2) is 16.9 Å². The molecule has 0 unspecified atom stereocenters. The van der Waals surface area contributed by atoms with Crippen LogP contribution in [0.3, 0.4) is 0 Å². The molecule has 1 aliphatic rings. The van der Waals surface area contributed by atoms with Gasteiger partial charge in [-0.15, -0.1) is 0 Å². The molecule has 0 fully saturated rings. The van der Waals surface area contributed by atoms with Gasteiger partial charge in [0, 0.05) is 0 Å². The molecule has 6 nitrogen and oxygen atoms in total. The van der Waals surface area contributed by atoms with Crippen LogP contribution in [0, 0.1) is 6.92 Å². The summed E-state index contributed by atoms with van der Waals surface area (Å²) in [5, 5.41) is 13.0. The first-order valence-electron chi connectivity index (χ1n) is 7.74. The highest BCUT2D eigenvalue weighted by Crippen LogP contribution is 2.35. The SMILES string of the molecule is COc1cc([C@@H]2NC(=O)c3oc4ccc(C)cc4c(=O)c32)ccc1O. The second-order valence-electron chi connectivity index (χ2n) is 6.01. The second-order valence-corrected chi connectivity index (χ2v) is 6.01. The Bertz CT molecular complexity index is 1080. The summed E-state index contributed by atoms with van der Waals surface area (Å²) in [5.41, 5.74) is 1.97. The molecule has 1 aliphatic heterocycles. The number of phenols is 1. The first-order valence-corrected chi connectivity index (χ1v) is 7.74. The number of aromatic hydroxyl groups is 1. The van der Waals surface area contributed by atoms with Crippen LogP contribution in [0.4, 0.5) is 0 Å². The molecule has 0 saturated carbocycles. The van der Waals surface area contributed by atoms with Crippen LogP contribution < -0.4 is 15.5 Å². The van der Waals surface area contributed by atoms with Gasteiger partial charge in [-0.25, -0.2) is 0 Å². The maximum atomic E-state index is 13.0. The average molecular weight is 337 g/mol. The summed E-state index contributed by atoms with van der Waals surface area (Å²) in [4.78, 5) is 25.3. The van der Waals surface area contributed by atoms with Crippen LogP contribution in [0.1, 0.15) is 33.3 Å². The van der Waals surface area contributed by atoms with E-state index in [0.29, 0.717) is 16.5 Å². The van der Waals surface area contributed by atoms with E-state index in [-0.39, 0.29) is 28.3 Å². The van der Waals surface area contributed by atoms with E-state index in [0.717, 1.165) is 5.56 Å². The van der Waals surface area contributed by atoms with Gasteiger partial charge in [-0.05, 0) is 36.8 Å². The number of methoxy groups -OCH3 is 1. The monoisotopic (exact) mass is 337 g/mol. The van der Waals surface area contributed by atoms with Crippen molar-refractivity contribution in [2.45, 2.75) is 13.0 Å². The van der Waals surface area contributed by atoms with Crippen LogP contribution in [0.15, 0.2) is 45.6 Å². The summed E-state index contributed by atoms with van der Waals surface area (Å²) in [7, 11) is 1.44. The Kier molecular flexibility index (Phi) is 3.28. The normalized spacial score (nSPS) is 15.9. The van der Waals surface area contributed by atoms with Gasteiger partial charge in [0.2, 0.25) is 5.76 Å². The van der Waals surface area contributed by atoms with Gasteiger partial charge in [0.25, 0.3) is 5.91 Å². The van der Waals surface area contributed by atoms with Crippen LogP contribution >= 0.6 is 0 Å². The van der Waals surface area contributed by atoms with Gasteiger partial charge in [0.05, 0.1) is 24.1 Å². The Morgan fingerprint density at radius 3 is 2.72 bits per heavy atom. The molecule has 0 radical (unpaired) electrons. The van der Waals surface area contributed by atoms with E-state index in [1.165, 1.54) is 13.2 Å². The number of carbonyl (C=O) groups excluding carboxylic acids is 1. The van der Waals surface area contributed by atoms with Crippen molar-refractivity contribution < 1.29 is 19.1 Å². The highest BCUT2D eigenvalue weighted by atomic mass is 16.5. The number of hydrogen-bond donors (Lipinski definition) is 2. The van der Waals surface area contributed by atoms with Crippen molar-refractivity contribution in [1.29, 1.82) is 0 Å². The molecule has 3 aromatic rings. The lowest BCUT2D eigenvalue weighted by Crippen LogP contribution is -2.22. The quantitative estimate of drug-likeness (QED) is 0.750. The first kappa shape index (κ1) is 15.3. The molecule has 2 aromatic carbocycles. The molecule has 0 bridgehead atoms. The Hall–Kier alpha value is -3.28. The molecule has 0 saturated heterocycles. The fourth-order valence-electron chi connectivity index (χ4n) is 3.15. The largest absolute Gasteiger partial charge is 0.504 e. The predicted molar refractivity (Wildman–Crippen MR) is 91.2 cm³/mol. The molecule has 2 heterocycles. The zero-order valence-corrected chi connectivity index (χ0v) is 13.6. The number of nitrogens with one attached hydrogen (secondary N) is 1. The van der Waals surface area contributed by atoms with Gasteiger partial charge in [0.1, 0.15) is 5.58 Å². The van der Waals surface area contributed by atoms with Crippen molar-refractivity contribution >= 4 is 16.9 Å². The average Bonchev–Trinajstić information content (AvgIpc) is 2.93. The van der Waals surface area contributed by atoms with E-state index in [2.05, 4.69) is 5.32 Å². The third-order valence-corrected chi connectivity index (χ3v) is 4.39. The van der Waals surface area contributed by atoms with Crippen LogP contribution in [-0.2, 0) is 0 Å². The molecule has 6 heteroatoms. The highest BCUT2D eigenvalue weighted by Gasteiger charge is 2.36. The van der Waals surface area contributed by atoms with Crippen molar-refractivity contribution in [3.63, 3.8) is 0 Å². The minimum Gasteiger partial charge on any atom is -0.504 e. The molecule has 1 amide bonds. The number of aryl methyl sites for hydroxylation is 1. The van der Waals surface area contributed by atoms with Crippen molar-refractivity contribution in [1.82, 2.24) is 5.32 Å². The summed E-state index contributed by atoms with van der Waals surface area (Å²) < 4.78 is 10.8. The molecule has 126 valence electrons. The first-order chi connectivity index (χ1) is 12.0. The van der Waals surface area contributed by atoms with E-state index in [1.54, 1.807) is 24.3 Å². The Morgan fingerprint density at radius 1 is 1.16 bits per heavy atom. The second kappa shape index (κ2) is 5.37. The zero-order chi connectivity index (χ0) is 17.7. The maximum absolute atomic E-state index is 13.0. The van der Waals surface area contributed by atoms with E-state index in [4.69, 9.17) is 9.15 Å². The number of amides is 1. The number of carbonyl (C=O) groups is 1. The summed E-state index contributed by atoms with van der Waals surface area (Å²) in [6, 6.07) is 9.30. The highest BCUT2D eigenvalue weighted by molar-refractivity contribution is 5.99. The lowest BCUT2D eigenvalue weighted by Gasteiger charge is -2.13. The number of phenolic OH excluding ortho intramolecular Hbond substituents is 1. The minimum atomic E-state index is -0.654. The maximum Gasteiger partial charge on any atom is 0.288 e. The standard InChI is InChI=1S/C19H15NO5/c1-9-3-6-13-11(7-9)17(22)15-16(20-19(23)18(15)25-13)10-4-5-12(21)14(8-10)24-2/h3-8,16,21H,1-2H3,(H,20,23)/t16-/m0/s1. The van der Waals surface area contributed by atoms with Gasteiger partial charge in [-0.2, -0.15) is 0 Å². The van der Waals surface area contributed by atoms with E-state index >= 15 is 0 Å². The topological polar surface area (TPSA) is 88.8 Å². The van der Waals surface area contributed by atoms with Gasteiger partial charge >= 0.3 is 0 Å². The van der Waals surface area contributed by atoms with Crippen LogP contribution in [-0.4, -0.2) is 18.1 Å². The third kappa shape index (κ3) is 2.26. The number of hydrogen-bond acceptors (Lipinski definition) is 5. The third-order valence-electron chi connectivity index (χ3n) is 4.39. The van der Waals surface area contributed by atoms with Crippen LogP contribution in [0.25, 0.3) is 11.0 Å². The fourth-order valence-corrected chi connectivity index (χ4v) is 3.15.